The Morgan fingerprint density at radius 3 is 2.53 bits per heavy atom. The van der Waals surface area contributed by atoms with E-state index in [1.54, 1.807) is 25.6 Å². The average molecular weight is 269 g/mol. The highest BCUT2D eigenvalue weighted by Crippen LogP contribution is 2.11. The Hall–Kier alpha value is -1.89. The van der Waals surface area contributed by atoms with E-state index in [2.05, 4.69) is 10.4 Å². The van der Waals surface area contributed by atoms with Crippen molar-refractivity contribution in [3.8, 4) is 0 Å². The van der Waals surface area contributed by atoms with Gasteiger partial charge < -0.3 is 15.2 Å². The Kier molecular flexibility index (Phi) is 5.05. The van der Waals surface area contributed by atoms with Gasteiger partial charge >= 0.3 is 5.97 Å². The predicted octanol–water partition coefficient (Wildman–Crippen LogP) is 0.256. The number of aryl methyl sites for hydroxylation is 2. The van der Waals surface area contributed by atoms with Gasteiger partial charge in [-0.1, -0.05) is 0 Å². The number of ether oxygens (including phenoxy) is 1. The number of aliphatic carboxylic acids is 1. The van der Waals surface area contributed by atoms with Crippen LogP contribution in [0.5, 0.6) is 0 Å². The summed E-state index contributed by atoms with van der Waals surface area (Å²) in [6, 6.07) is 0. The molecule has 0 bridgehead atoms. The van der Waals surface area contributed by atoms with Gasteiger partial charge in [-0.25, -0.2) is 0 Å². The molecule has 0 aliphatic rings. The average Bonchev–Trinajstić information content (AvgIpc) is 2.58. The zero-order valence-corrected chi connectivity index (χ0v) is 11.6. The van der Waals surface area contributed by atoms with E-state index in [1.165, 1.54) is 7.11 Å². The number of carboxylic acids is 1. The lowest BCUT2D eigenvalue weighted by Crippen LogP contribution is -2.34. The van der Waals surface area contributed by atoms with E-state index in [-0.39, 0.29) is 18.9 Å². The van der Waals surface area contributed by atoms with E-state index in [0.29, 0.717) is 11.3 Å². The van der Waals surface area contributed by atoms with Gasteiger partial charge in [0.05, 0.1) is 23.8 Å². The quantitative estimate of drug-likeness (QED) is 0.772. The molecule has 1 amide bonds. The van der Waals surface area contributed by atoms with Crippen molar-refractivity contribution in [1.82, 2.24) is 15.1 Å². The van der Waals surface area contributed by atoms with E-state index in [4.69, 9.17) is 9.84 Å². The molecule has 0 radical (unpaired) electrons. The molecule has 106 valence electrons. The minimum absolute atomic E-state index is 0.148. The first kappa shape index (κ1) is 15.2. The van der Waals surface area contributed by atoms with Crippen molar-refractivity contribution in [2.24, 2.45) is 7.05 Å². The van der Waals surface area contributed by atoms with E-state index >= 15 is 0 Å². The van der Waals surface area contributed by atoms with Crippen molar-refractivity contribution in [3.63, 3.8) is 0 Å². The van der Waals surface area contributed by atoms with Gasteiger partial charge in [0.15, 0.2) is 0 Å². The Bertz CT molecular complexity index is 482. The van der Waals surface area contributed by atoms with Crippen LogP contribution in [0.1, 0.15) is 28.2 Å². The normalized spacial score (nSPS) is 12.2. The Balaban J connectivity index is 2.67. The standard InChI is InChI=1S/C12H19N3O4/c1-7-11(8(2)15(3)14-7)12(18)13-6-9(19-4)5-10(16)17/h9H,5-6H2,1-4H3,(H,13,18)(H,16,17). The lowest BCUT2D eigenvalue weighted by molar-refractivity contribution is -0.139. The number of rotatable bonds is 6. The number of amides is 1. The third-order valence-electron chi connectivity index (χ3n) is 2.96. The smallest absolute Gasteiger partial charge is 0.306 e. The van der Waals surface area contributed by atoms with E-state index in [0.717, 1.165) is 5.69 Å². The number of hydrogen-bond donors (Lipinski definition) is 2. The molecule has 0 aliphatic heterocycles. The number of nitrogens with zero attached hydrogens (tertiary/aromatic N) is 2. The van der Waals surface area contributed by atoms with Crippen LogP contribution in [-0.4, -0.2) is 46.5 Å². The molecule has 0 aliphatic carbocycles. The van der Waals surface area contributed by atoms with Crippen molar-refractivity contribution >= 4 is 11.9 Å². The van der Waals surface area contributed by atoms with Crippen molar-refractivity contribution in [2.75, 3.05) is 13.7 Å². The van der Waals surface area contributed by atoms with Gasteiger partial charge in [-0.15, -0.1) is 0 Å². The maximum Gasteiger partial charge on any atom is 0.306 e. The van der Waals surface area contributed by atoms with Crippen LogP contribution >= 0.6 is 0 Å². The second-order valence-corrected chi connectivity index (χ2v) is 4.34. The first-order valence-electron chi connectivity index (χ1n) is 5.89. The summed E-state index contributed by atoms with van der Waals surface area (Å²) >= 11 is 0. The molecule has 0 spiro atoms. The maximum absolute atomic E-state index is 12.0. The summed E-state index contributed by atoms with van der Waals surface area (Å²) in [6.45, 7) is 3.71. The van der Waals surface area contributed by atoms with Crippen LogP contribution in [0.15, 0.2) is 0 Å². The minimum atomic E-state index is -0.963. The van der Waals surface area contributed by atoms with Gasteiger partial charge in [0, 0.05) is 26.4 Å². The van der Waals surface area contributed by atoms with Crippen LogP contribution in [-0.2, 0) is 16.6 Å². The fraction of sp³-hybridized carbons (Fsp3) is 0.583. The molecule has 7 heteroatoms. The first-order chi connectivity index (χ1) is 8.86. The molecule has 0 saturated carbocycles. The third-order valence-corrected chi connectivity index (χ3v) is 2.96. The largest absolute Gasteiger partial charge is 0.481 e. The van der Waals surface area contributed by atoms with Crippen LogP contribution in [0.2, 0.25) is 0 Å². The zero-order chi connectivity index (χ0) is 14.6. The van der Waals surface area contributed by atoms with Crippen LogP contribution < -0.4 is 5.32 Å². The Morgan fingerprint density at radius 1 is 1.47 bits per heavy atom. The highest BCUT2D eigenvalue weighted by Gasteiger charge is 2.19. The monoisotopic (exact) mass is 269 g/mol. The molecule has 1 rings (SSSR count). The molecule has 19 heavy (non-hydrogen) atoms. The van der Waals surface area contributed by atoms with Gasteiger partial charge in [-0.05, 0) is 13.8 Å². The van der Waals surface area contributed by atoms with Crippen molar-refractivity contribution < 1.29 is 19.4 Å². The highest BCUT2D eigenvalue weighted by molar-refractivity contribution is 5.96. The van der Waals surface area contributed by atoms with Crippen molar-refractivity contribution in [2.45, 2.75) is 26.4 Å². The summed E-state index contributed by atoms with van der Waals surface area (Å²) in [5.41, 5.74) is 1.93. The maximum atomic E-state index is 12.0. The van der Waals surface area contributed by atoms with Gasteiger partial charge in [-0.3, -0.25) is 14.3 Å². The summed E-state index contributed by atoms with van der Waals surface area (Å²) in [7, 11) is 3.18. The predicted molar refractivity (Wildman–Crippen MR) is 68.1 cm³/mol. The molecule has 0 fully saturated rings. The molecule has 0 saturated heterocycles. The number of nitrogens with one attached hydrogen (secondary N) is 1. The SMILES string of the molecule is COC(CNC(=O)c1c(C)nn(C)c1C)CC(=O)O. The number of hydrogen-bond acceptors (Lipinski definition) is 4. The molecule has 1 atom stereocenters. The van der Waals surface area contributed by atoms with E-state index in [9.17, 15) is 9.59 Å². The first-order valence-corrected chi connectivity index (χ1v) is 5.89. The molecular weight excluding hydrogens is 250 g/mol. The van der Waals surface area contributed by atoms with E-state index in [1.807, 2.05) is 0 Å². The second-order valence-electron chi connectivity index (χ2n) is 4.34. The molecule has 1 aromatic heterocycles. The van der Waals surface area contributed by atoms with Crippen LogP contribution in [0.3, 0.4) is 0 Å². The summed E-state index contributed by atoms with van der Waals surface area (Å²) in [5.74, 6) is -1.23. The number of aromatic nitrogens is 2. The lowest BCUT2D eigenvalue weighted by Gasteiger charge is -2.14. The van der Waals surface area contributed by atoms with Crippen LogP contribution in [0.25, 0.3) is 0 Å². The molecule has 1 unspecified atom stereocenters. The highest BCUT2D eigenvalue weighted by atomic mass is 16.5. The molecule has 1 aromatic rings. The molecule has 7 nitrogen and oxygen atoms in total. The van der Waals surface area contributed by atoms with Crippen molar-refractivity contribution in [3.05, 3.63) is 17.0 Å². The van der Waals surface area contributed by atoms with Gasteiger partial charge in [-0.2, -0.15) is 5.10 Å². The summed E-state index contributed by atoms with van der Waals surface area (Å²) in [6.07, 6.45) is -0.694. The summed E-state index contributed by atoms with van der Waals surface area (Å²) < 4.78 is 6.63. The summed E-state index contributed by atoms with van der Waals surface area (Å²) in [5, 5.41) is 15.5. The number of carbonyl (C=O) groups is 2. The molecule has 0 aromatic carbocycles. The van der Waals surface area contributed by atoms with Crippen LogP contribution in [0.4, 0.5) is 0 Å². The zero-order valence-electron chi connectivity index (χ0n) is 11.6. The number of carbonyl (C=O) groups excluding carboxylic acids is 1. The van der Waals surface area contributed by atoms with E-state index < -0.39 is 12.1 Å². The van der Waals surface area contributed by atoms with Gasteiger partial charge in [0.25, 0.3) is 5.91 Å². The fourth-order valence-electron chi connectivity index (χ4n) is 1.83. The Labute approximate surface area is 111 Å². The van der Waals surface area contributed by atoms with Crippen molar-refractivity contribution in [1.29, 1.82) is 0 Å². The topological polar surface area (TPSA) is 93.5 Å². The molecule has 2 N–H and O–H groups in total. The van der Waals surface area contributed by atoms with Crippen LogP contribution in [0, 0.1) is 13.8 Å². The number of carboxylic acid groups (broad SMARTS) is 1. The minimum Gasteiger partial charge on any atom is -0.481 e. The Morgan fingerprint density at radius 2 is 2.11 bits per heavy atom. The number of methoxy groups -OCH3 is 1. The fourth-order valence-corrected chi connectivity index (χ4v) is 1.83. The van der Waals surface area contributed by atoms with Gasteiger partial charge in [0.1, 0.15) is 0 Å². The second kappa shape index (κ2) is 6.33. The summed E-state index contributed by atoms with van der Waals surface area (Å²) in [4.78, 5) is 22.6. The lowest BCUT2D eigenvalue weighted by atomic mass is 10.1. The van der Waals surface area contributed by atoms with Gasteiger partial charge in [0.2, 0.25) is 0 Å². The molecule has 1 heterocycles. The third kappa shape index (κ3) is 3.78. The molecular formula is C12H19N3O4.